The van der Waals surface area contributed by atoms with Crippen molar-refractivity contribution in [2.75, 3.05) is 26.2 Å². The van der Waals surface area contributed by atoms with Gasteiger partial charge in [-0.05, 0) is 68.4 Å². The van der Waals surface area contributed by atoms with Crippen molar-refractivity contribution in [1.29, 1.82) is 0 Å². The van der Waals surface area contributed by atoms with Gasteiger partial charge in [0.2, 0.25) is 6.41 Å². The summed E-state index contributed by atoms with van der Waals surface area (Å²) in [5.74, 6) is -1.83. The van der Waals surface area contributed by atoms with Crippen molar-refractivity contribution in [3.05, 3.63) is 134 Å². The predicted octanol–water partition coefficient (Wildman–Crippen LogP) is 6.58. The minimum absolute atomic E-state index is 0.0447. The Kier molecular flexibility index (Phi) is 10.3. The van der Waals surface area contributed by atoms with Gasteiger partial charge in [0.1, 0.15) is 0 Å². The first kappa shape index (κ1) is 32.6. The molecule has 0 aliphatic carbocycles. The van der Waals surface area contributed by atoms with E-state index in [0.717, 1.165) is 44.6 Å². The van der Waals surface area contributed by atoms with E-state index in [4.69, 9.17) is 0 Å². The zero-order valence-corrected chi connectivity index (χ0v) is 26.5. The molecular weight excluding hydrogens is 580 g/mol. The number of nitrogens with zero attached hydrogens (tertiary/aromatic N) is 3. The Balaban J connectivity index is 1.34. The van der Waals surface area contributed by atoms with Gasteiger partial charge in [-0.1, -0.05) is 86.6 Å². The van der Waals surface area contributed by atoms with Gasteiger partial charge in [0.05, 0.1) is 22.1 Å². The third-order valence-corrected chi connectivity index (χ3v) is 9.55. The number of piperidine rings is 1. The Hall–Kier alpha value is -4.76. The van der Waals surface area contributed by atoms with Crippen LogP contribution >= 0.6 is 0 Å². The Bertz CT molecular complexity index is 1550. The number of carboxylic acids is 1. The van der Waals surface area contributed by atoms with E-state index in [1.54, 1.807) is 17.0 Å². The topological polar surface area (TPSA) is 116 Å². The first-order valence-electron chi connectivity index (χ1n) is 16.1. The normalized spacial score (nSPS) is 18.2. The molecule has 0 radical (unpaired) electrons. The summed E-state index contributed by atoms with van der Waals surface area (Å²) >= 11 is 0. The number of carbonyl (C=O) groups is 2. The standard InChI is InChI=1S/C37H42N4O5/c1-3-31-34(36(43)44)33(27-16-18-30(19-17-27)41(45)46)35(32(4-2)38-31)40(26-42)23-11-22-39-24-20-37(21-25-39,28-12-7-5-8-13-28)29-14-9-6-10-15-29/h5-10,12-19,26,33,38H,3-4,11,20-25H2,1-2H3,(H,43,44). The molecule has 2 N–H and O–H groups in total. The number of dihydropyridines is 1. The van der Waals surface area contributed by atoms with Gasteiger partial charge in [-0.3, -0.25) is 14.9 Å². The lowest BCUT2D eigenvalue weighted by atomic mass is 9.68. The van der Waals surface area contributed by atoms with Gasteiger partial charge in [0.15, 0.2) is 0 Å². The van der Waals surface area contributed by atoms with Crippen LogP contribution < -0.4 is 5.32 Å². The number of nitro groups is 1. The van der Waals surface area contributed by atoms with E-state index in [-0.39, 0.29) is 16.7 Å². The van der Waals surface area contributed by atoms with E-state index in [1.165, 1.54) is 23.3 Å². The fourth-order valence-corrected chi connectivity index (χ4v) is 7.16. The third-order valence-electron chi connectivity index (χ3n) is 9.55. The third kappa shape index (κ3) is 6.60. The van der Waals surface area contributed by atoms with Crippen LogP contribution in [-0.4, -0.2) is 58.4 Å². The molecule has 1 fully saturated rings. The average Bonchev–Trinajstić information content (AvgIpc) is 3.10. The van der Waals surface area contributed by atoms with E-state index >= 15 is 0 Å². The fraction of sp³-hybridized carbons (Fsp3) is 0.351. The van der Waals surface area contributed by atoms with E-state index in [9.17, 15) is 24.8 Å². The average molecular weight is 623 g/mol. The zero-order valence-electron chi connectivity index (χ0n) is 26.5. The highest BCUT2D eigenvalue weighted by Crippen LogP contribution is 2.43. The van der Waals surface area contributed by atoms with Gasteiger partial charge in [-0.25, -0.2) is 4.79 Å². The molecule has 9 heteroatoms. The summed E-state index contributed by atoms with van der Waals surface area (Å²) < 4.78 is 0. The highest BCUT2D eigenvalue weighted by atomic mass is 16.6. The lowest BCUT2D eigenvalue weighted by molar-refractivity contribution is -0.384. The Labute approximate surface area is 270 Å². The molecule has 1 atom stereocenters. The number of carboxylic acid groups (broad SMARTS) is 1. The Morgan fingerprint density at radius 3 is 2.00 bits per heavy atom. The maximum atomic E-state index is 12.7. The second-order valence-electron chi connectivity index (χ2n) is 12.0. The predicted molar refractivity (Wildman–Crippen MR) is 178 cm³/mol. The van der Waals surface area contributed by atoms with Crippen LogP contribution in [0.15, 0.2) is 108 Å². The molecule has 3 aromatic rings. The Morgan fingerprint density at radius 2 is 1.52 bits per heavy atom. The second kappa shape index (κ2) is 14.6. The number of nitro benzene ring substituents is 1. The van der Waals surface area contributed by atoms with Gasteiger partial charge >= 0.3 is 5.97 Å². The molecule has 1 amide bonds. The lowest BCUT2D eigenvalue weighted by Gasteiger charge is -2.43. The number of rotatable bonds is 13. The highest BCUT2D eigenvalue weighted by Gasteiger charge is 2.39. The molecule has 2 aliphatic heterocycles. The van der Waals surface area contributed by atoms with Gasteiger partial charge in [0, 0.05) is 35.5 Å². The number of likely N-dealkylation sites (tertiary alicyclic amines) is 1. The number of aliphatic carboxylic acids is 1. The van der Waals surface area contributed by atoms with Crippen molar-refractivity contribution in [1.82, 2.24) is 15.1 Å². The van der Waals surface area contributed by atoms with Crippen molar-refractivity contribution < 1.29 is 19.6 Å². The number of hydrogen-bond donors (Lipinski definition) is 2. The molecular formula is C37H42N4O5. The number of amides is 1. The maximum absolute atomic E-state index is 12.7. The summed E-state index contributed by atoms with van der Waals surface area (Å²) in [5.41, 5.74) is 5.26. The van der Waals surface area contributed by atoms with Crippen LogP contribution in [0.5, 0.6) is 0 Å². The molecule has 0 spiro atoms. The molecule has 0 bridgehead atoms. The molecule has 2 heterocycles. The van der Waals surface area contributed by atoms with Crippen molar-refractivity contribution in [3.63, 3.8) is 0 Å². The summed E-state index contributed by atoms with van der Waals surface area (Å²) in [6.45, 7) is 6.92. The molecule has 2 aliphatic rings. The molecule has 0 aromatic heterocycles. The van der Waals surface area contributed by atoms with Crippen LogP contribution in [-0.2, 0) is 15.0 Å². The number of carbonyl (C=O) groups excluding carboxylic acids is 1. The van der Waals surface area contributed by atoms with E-state index in [2.05, 4.69) is 70.9 Å². The van der Waals surface area contributed by atoms with Gasteiger partial charge < -0.3 is 20.2 Å². The molecule has 9 nitrogen and oxygen atoms in total. The molecule has 5 rings (SSSR count). The largest absolute Gasteiger partial charge is 0.478 e. The summed E-state index contributed by atoms with van der Waals surface area (Å²) in [5, 5.41) is 25.0. The van der Waals surface area contributed by atoms with Gasteiger partial charge in [0.25, 0.3) is 5.69 Å². The summed E-state index contributed by atoms with van der Waals surface area (Å²) in [7, 11) is 0. The molecule has 1 saturated heterocycles. The highest BCUT2D eigenvalue weighted by molar-refractivity contribution is 5.91. The zero-order chi connectivity index (χ0) is 32.7. The minimum Gasteiger partial charge on any atom is -0.478 e. The number of hydrogen-bond acceptors (Lipinski definition) is 6. The smallest absolute Gasteiger partial charge is 0.334 e. The number of non-ortho nitro benzene ring substituents is 1. The van der Waals surface area contributed by atoms with Crippen LogP contribution in [0.1, 0.15) is 68.6 Å². The SMILES string of the molecule is CCC1=C(C(=O)O)C(c2ccc([N+](=O)[O-])cc2)C(N(C=O)CCCN2CCC(c3ccccc3)(c3ccccc3)CC2)=C(CC)N1. The number of benzene rings is 3. The van der Waals surface area contributed by atoms with E-state index in [0.29, 0.717) is 42.8 Å². The quantitative estimate of drug-likeness (QED) is 0.126. The van der Waals surface area contributed by atoms with Crippen LogP contribution in [0.4, 0.5) is 5.69 Å². The van der Waals surface area contributed by atoms with Crippen LogP contribution in [0, 0.1) is 10.1 Å². The summed E-state index contributed by atoms with van der Waals surface area (Å²) in [6.07, 6.45) is 4.50. The van der Waals surface area contributed by atoms with Crippen molar-refractivity contribution in [2.24, 2.45) is 0 Å². The van der Waals surface area contributed by atoms with E-state index in [1.807, 2.05) is 13.8 Å². The summed E-state index contributed by atoms with van der Waals surface area (Å²) in [4.78, 5) is 40.3. The van der Waals surface area contributed by atoms with Crippen LogP contribution in [0.2, 0.25) is 0 Å². The first-order valence-corrected chi connectivity index (χ1v) is 16.1. The number of nitrogens with one attached hydrogen (secondary N) is 1. The lowest BCUT2D eigenvalue weighted by Crippen LogP contribution is -2.44. The molecule has 46 heavy (non-hydrogen) atoms. The van der Waals surface area contributed by atoms with E-state index < -0.39 is 16.8 Å². The maximum Gasteiger partial charge on any atom is 0.334 e. The monoisotopic (exact) mass is 622 g/mol. The summed E-state index contributed by atoms with van der Waals surface area (Å²) in [6, 6.07) is 27.4. The van der Waals surface area contributed by atoms with Gasteiger partial charge in [-0.15, -0.1) is 0 Å². The minimum atomic E-state index is -1.08. The first-order chi connectivity index (χ1) is 22.3. The van der Waals surface area contributed by atoms with Crippen molar-refractivity contribution in [2.45, 2.75) is 57.3 Å². The van der Waals surface area contributed by atoms with Gasteiger partial charge in [-0.2, -0.15) is 0 Å². The molecule has 3 aromatic carbocycles. The van der Waals surface area contributed by atoms with Crippen LogP contribution in [0.3, 0.4) is 0 Å². The molecule has 1 unspecified atom stereocenters. The number of allylic oxidation sites excluding steroid dienone is 3. The second-order valence-corrected chi connectivity index (χ2v) is 12.0. The Morgan fingerprint density at radius 1 is 0.957 bits per heavy atom. The van der Waals surface area contributed by atoms with Crippen LogP contribution in [0.25, 0.3) is 0 Å². The van der Waals surface area contributed by atoms with Crippen molar-refractivity contribution in [3.8, 4) is 0 Å². The van der Waals surface area contributed by atoms with Crippen molar-refractivity contribution >= 4 is 18.1 Å². The fourth-order valence-electron chi connectivity index (χ4n) is 7.16. The molecule has 240 valence electrons. The molecule has 0 saturated carbocycles.